The van der Waals surface area contributed by atoms with Gasteiger partial charge in [-0.1, -0.05) is 41.4 Å². The maximum atomic E-state index is 12.5. The van der Waals surface area contributed by atoms with Gasteiger partial charge in [0.2, 0.25) is 4.96 Å². The molecule has 2 aromatic carbocycles. The monoisotopic (exact) mass is 413 g/mol. The molecule has 1 amide bonds. The van der Waals surface area contributed by atoms with E-state index in [1.165, 1.54) is 23.5 Å². The number of thiazole rings is 1. The molecule has 0 spiro atoms. The second-order valence-corrected chi connectivity index (χ2v) is 7.24. The largest absolute Gasteiger partial charge is 0.289 e. The van der Waals surface area contributed by atoms with Crippen molar-refractivity contribution in [1.29, 1.82) is 0 Å². The maximum Gasteiger partial charge on any atom is 0.270 e. The summed E-state index contributed by atoms with van der Waals surface area (Å²) in [4.78, 5) is 27.7. The number of nitro groups is 1. The zero-order valence-electron chi connectivity index (χ0n) is 14.4. The van der Waals surface area contributed by atoms with E-state index >= 15 is 0 Å². The Morgan fingerprint density at radius 2 is 2.00 bits per heavy atom. The summed E-state index contributed by atoms with van der Waals surface area (Å²) in [6, 6.07) is 11.6. The number of fused-ring (bicyclic) bond motifs is 1. The van der Waals surface area contributed by atoms with Crippen LogP contribution in [-0.4, -0.2) is 25.4 Å². The molecule has 4 aromatic rings. The van der Waals surface area contributed by atoms with Crippen molar-refractivity contribution in [3.63, 3.8) is 0 Å². The van der Waals surface area contributed by atoms with Crippen molar-refractivity contribution in [2.75, 3.05) is 5.32 Å². The molecule has 28 heavy (non-hydrogen) atoms. The van der Waals surface area contributed by atoms with Crippen LogP contribution in [0.1, 0.15) is 15.9 Å². The molecule has 140 valence electrons. The lowest BCUT2D eigenvalue weighted by molar-refractivity contribution is -0.384. The predicted molar refractivity (Wildman–Crippen MR) is 107 cm³/mol. The number of hydrogen-bond donors (Lipinski definition) is 1. The van der Waals surface area contributed by atoms with Crippen LogP contribution in [0.2, 0.25) is 5.02 Å². The van der Waals surface area contributed by atoms with E-state index in [0.29, 0.717) is 4.96 Å². The van der Waals surface area contributed by atoms with Crippen LogP contribution in [0.4, 0.5) is 11.6 Å². The lowest BCUT2D eigenvalue weighted by Crippen LogP contribution is -2.14. The van der Waals surface area contributed by atoms with Crippen LogP contribution in [0.15, 0.2) is 47.8 Å². The summed E-state index contributed by atoms with van der Waals surface area (Å²) >= 11 is 7.40. The average molecular weight is 414 g/mol. The van der Waals surface area contributed by atoms with Gasteiger partial charge in [0.15, 0.2) is 0 Å². The number of nitrogens with zero attached hydrogens (tertiary/aromatic N) is 4. The summed E-state index contributed by atoms with van der Waals surface area (Å²) < 4.78 is 1.64. The lowest BCUT2D eigenvalue weighted by Gasteiger charge is -2.03. The number of anilines is 1. The number of aromatic nitrogens is 3. The SMILES string of the molecule is Cc1ccc(-c2csc3nc(NC(=O)c4cc([N+](=O)[O-])ccc4Cl)nn23)cc1. The first-order chi connectivity index (χ1) is 13.4. The third-order valence-electron chi connectivity index (χ3n) is 4.06. The molecule has 0 aliphatic rings. The zero-order valence-corrected chi connectivity index (χ0v) is 16.0. The van der Waals surface area contributed by atoms with Crippen LogP contribution in [0.5, 0.6) is 0 Å². The number of benzene rings is 2. The van der Waals surface area contributed by atoms with Crippen molar-refractivity contribution in [2.24, 2.45) is 0 Å². The average Bonchev–Trinajstić information content (AvgIpc) is 3.22. The van der Waals surface area contributed by atoms with Crippen molar-refractivity contribution in [3.8, 4) is 11.3 Å². The van der Waals surface area contributed by atoms with Crippen LogP contribution in [0.3, 0.4) is 0 Å². The summed E-state index contributed by atoms with van der Waals surface area (Å²) in [6.07, 6.45) is 0. The number of nitro benzene ring substituents is 1. The molecule has 0 aliphatic carbocycles. The first kappa shape index (κ1) is 18.1. The van der Waals surface area contributed by atoms with E-state index in [1.807, 2.05) is 36.6 Å². The Morgan fingerprint density at radius 3 is 2.71 bits per heavy atom. The number of amides is 1. The molecule has 0 atom stereocenters. The number of rotatable bonds is 4. The highest BCUT2D eigenvalue weighted by Gasteiger charge is 2.18. The molecule has 0 saturated heterocycles. The van der Waals surface area contributed by atoms with Gasteiger partial charge in [0.25, 0.3) is 17.5 Å². The van der Waals surface area contributed by atoms with Gasteiger partial charge in [0, 0.05) is 23.1 Å². The number of non-ortho nitro benzene ring substituents is 1. The fourth-order valence-corrected chi connectivity index (χ4v) is 3.66. The molecule has 4 rings (SSSR count). The number of halogens is 1. The maximum absolute atomic E-state index is 12.5. The molecule has 0 saturated carbocycles. The van der Waals surface area contributed by atoms with E-state index in [0.717, 1.165) is 22.9 Å². The second kappa shape index (κ2) is 7.02. The predicted octanol–water partition coefficient (Wildman–Crippen LogP) is 4.58. The molecular weight excluding hydrogens is 402 g/mol. The van der Waals surface area contributed by atoms with Gasteiger partial charge >= 0.3 is 0 Å². The molecule has 10 heteroatoms. The van der Waals surface area contributed by atoms with Crippen molar-refractivity contribution in [1.82, 2.24) is 14.6 Å². The van der Waals surface area contributed by atoms with Crippen molar-refractivity contribution < 1.29 is 9.72 Å². The molecule has 2 heterocycles. The molecule has 0 radical (unpaired) electrons. The van der Waals surface area contributed by atoms with E-state index in [4.69, 9.17) is 11.6 Å². The van der Waals surface area contributed by atoms with Gasteiger partial charge in [-0.3, -0.25) is 20.2 Å². The van der Waals surface area contributed by atoms with Crippen LogP contribution < -0.4 is 5.32 Å². The Morgan fingerprint density at radius 1 is 1.25 bits per heavy atom. The quantitative estimate of drug-likeness (QED) is 0.389. The van der Waals surface area contributed by atoms with Crippen molar-refractivity contribution >= 4 is 45.4 Å². The highest BCUT2D eigenvalue weighted by atomic mass is 35.5. The Bertz CT molecular complexity index is 1220. The van der Waals surface area contributed by atoms with Crippen LogP contribution >= 0.6 is 22.9 Å². The van der Waals surface area contributed by atoms with Crippen LogP contribution in [0.25, 0.3) is 16.2 Å². The number of carbonyl (C=O) groups is 1. The summed E-state index contributed by atoms with van der Waals surface area (Å²) in [5, 5.41) is 19.8. The van der Waals surface area contributed by atoms with Gasteiger partial charge in [-0.25, -0.2) is 4.52 Å². The van der Waals surface area contributed by atoms with E-state index in [9.17, 15) is 14.9 Å². The second-order valence-electron chi connectivity index (χ2n) is 5.99. The van der Waals surface area contributed by atoms with Gasteiger partial charge in [-0.05, 0) is 13.0 Å². The number of carbonyl (C=O) groups excluding carboxylic acids is 1. The van der Waals surface area contributed by atoms with Crippen LogP contribution in [-0.2, 0) is 0 Å². The Kier molecular flexibility index (Phi) is 4.54. The molecule has 1 N–H and O–H groups in total. The molecular formula is C18H12ClN5O3S. The number of nitrogens with one attached hydrogen (secondary N) is 1. The van der Waals surface area contributed by atoms with Gasteiger partial charge in [0.1, 0.15) is 0 Å². The van der Waals surface area contributed by atoms with Gasteiger partial charge in [-0.15, -0.1) is 16.4 Å². The molecule has 0 aliphatic heterocycles. The summed E-state index contributed by atoms with van der Waals surface area (Å²) in [5.41, 5.74) is 2.72. The Hall–Kier alpha value is -3.30. The zero-order chi connectivity index (χ0) is 19.8. The minimum absolute atomic E-state index is 0.0206. The molecule has 0 unspecified atom stereocenters. The smallest absolute Gasteiger partial charge is 0.270 e. The Labute approximate surface area is 167 Å². The summed E-state index contributed by atoms with van der Waals surface area (Å²) in [6.45, 7) is 2.01. The third kappa shape index (κ3) is 3.32. The fraction of sp³-hybridized carbons (Fsp3) is 0.0556. The molecule has 2 aromatic heterocycles. The van der Waals surface area contributed by atoms with E-state index in [1.54, 1.807) is 4.52 Å². The molecule has 0 bridgehead atoms. The first-order valence-electron chi connectivity index (χ1n) is 8.09. The first-order valence-corrected chi connectivity index (χ1v) is 9.35. The van der Waals surface area contributed by atoms with E-state index < -0.39 is 10.8 Å². The highest BCUT2D eigenvalue weighted by Crippen LogP contribution is 2.27. The van der Waals surface area contributed by atoms with E-state index in [2.05, 4.69) is 15.4 Å². The summed E-state index contributed by atoms with van der Waals surface area (Å²) in [7, 11) is 0. The molecule has 0 fully saturated rings. The topological polar surface area (TPSA) is 102 Å². The standard InChI is InChI=1S/C18H12ClN5O3S/c1-10-2-4-11(5-3-10)15-9-28-18-21-17(22-23(15)18)20-16(25)13-8-12(24(26)27)6-7-14(13)19/h2-9H,1H3,(H,20,22,25). The fourth-order valence-electron chi connectivity index (χ4n) is 2.63. The molecule has 8 nitrogen and oxygen atoms in total. The normalized spacial score (nSPS) is 10.9. The number of aryl methyl sites for hydroxylation is 1. The minimum atomic E-state index is -0.621. The van der Waals surface area contributed by atoms with Crippen molar-refractivity contribution in [2.45, 2.75) is 6.92 Å². The van der Waals surface area contributed by atoms with Crippen LogP contribution in [0, 0.1) is 17.0 Å². The van der Waals surface area contributed by atoms with E-state index in [-0.39, 0.29) is 22.2 Å². The Balaban J connectivity index is 1.64. The minimum Gasteiger partial charge on any atom is -0.289 e. The van der Waals surface area contributed by atoms with Gasteiger partial charge < -0.3 is 0 Å². The highest BCUT2D eigenvalue weighted by molar-refractivity contribution is 7.15. The lowest BCUT2D eigenvalue weighted by atomic mass is 10.1. The van der Waals surface area contributed by atoms with Crippen molar-refractivity contribution in [3.05, 3.63) is 74.1 Å². The number of hydrogen-bond acceptors (Lipinski definition) is 6. The van der Waals surface area contributed by atoms with Gasteiger partial charge in [-0.2, -0.15) is 4.98 Å². The van der Waals surface area contributed by atoms with Gasteiger partial charge in [0.05, 0.1) is 21.2 Å². The third-order valence-corrected chi connectivity index (χ3v) is 5.21. The summed E-state index contributed by atoms with van der Waals surface area (Å²) in [5.74, 6) is -0.531.